The van der Waals surface area contributed by atoms with E-state index in [2.05, 4.69) is 15.6 Å². The van der Waals surface area contributed by atoms with Gasteiger partial charge in [0, 0.05) is 31.0 Å². The number of hydrogen-bond donors (Lipinski definition) is 2. The van der Waals surface area contributed by atoms with Crippen molar-refractivity contribution in [3.63, 3.8) is 0 Å². The van der Waals surface area contributed by atoms with Gasteiger partial charge < -0.3 is 20.1 Å². The van der Waals surface area contributed by atoms with Gasteiger partial charge >= 0.3 is 0 Å². The van der Waals surface area contributed by atoms with Gasteiger partial charge in [-0.1, -0.05) is 12.1 Å². The lowest BCUT2D eigenvalue weighted by atomic mass is 10.1. The van der Waals surface area contributed by atoms with Crippen LogP contribution in [-0.2, 0) is 17.9 Å². The first-order valence-electron chi connectivity index (χ1n) is 9.16. The minimum absolute atomic E-state index is 0. The second-order valence-electron chi connectivity index (χ2n) is 7.27. The highest BCUT2D eigenvalue weighted by atomic mass is 35.5. The Balaban J connectivity index is 0.00000392. The minimum atomic E-state index is -0.285. The summed E-state index contributed by atoms with van der Waals surface area (Å²) >= 11 is 0. The van der Waals surface area contributed by atoms with Gasteiger partial charge in [-0.2, -0.15) is 0 Å². The Morgan fingerprint density at radius 2 is 1.82 bits per heavy atom. The fourth-order valence-corrected chi connectivity index (χ4v) is 2.50. The predicted molar refractivity (Wildman–Crippen MR) is 113 cm³/mol. The molecule has 0 radical (unpaired) electrons. The van der Waals surface area contributed by atoms with E-state index in [1.54, 1.807) is 6.20 Å². The summed E-state index contributed by atoms with van der Waals surface area (Å²) in [6.07, 6.45) is 3.61. The van der Waals surface area contributed by atoms with Gasteiger partial charge in [-0.05, 0) is 57.0 Å². The topological polar surface area (TPSA) is 72.5 Å². The van der Waals surface area contributed by atoms with Crippen molar-refractivity contribution in [2.24, 2.45) is 0 Å². The molecule has 2 rings (SSSR count). The quantitative estimate of drug-likeness (QED) is 0.665. The molecule has 1 aromatic carbocycles. The smallest absolute Gasteiger partial charge is 0.258 e. The Labute approximate surface area is 173 Å². The Morgan fingerprint density at radius 3 is 2.46 bits per heavy atom. The zero-order valence-corrected chi connectivity index (χ0v) is 17.8. The molecule has 0 saturated heterocycles. The number of carbonyl (C=O) groups is 1. The van der Waals surface area contributed by atoms with Crippen molar-refractivity contribution < 1.29 is 14.3 Å². The summed E-state index contributed by atoms with van der Waals surface area (Å²) in [4.78, 5) is 16.1. The molecule has 1 heterocycles. The number of pyridine rings is 1. The number of benzene rings is 1. The van der Waals surface area contributed by atoms with Gasteiger partial charge in [-0.15, -0.1) is 12.4 Å². The van der Waals surface area contributed by atoms with E-state index in [0.29, 0.717) is 24.7 Å². The van der Waals surface area contributed by atoms with Crippen LogP contribution < -0.4 is 20.1 Å². The molecule has 1 amide bonds. The largest absolute Gasteiger partial charge is 0.490 e. The van der Waals surface area contributed by atoms with E-state index in [4.69, 9.17) is 9.47 Å². The highest BCUT2D eigenvalue weighted by molar-refractivity contribution is 5.85. The first kappa shape index (κ1) is 23.7. The molecule has 154 valence electrons. The van der Waals surface area contributed by atoms with Crippen molar-refractivity contribution in [1.29, 1.82) is 0 Å². The second kappa shape index (κ2) is 11.5. The number of amides is 1. The number of aromatic nitrogens is 1. The van der Waals surface area contributed by atoms with Crippen LogP contribution in [0.5, 0.6) is 11.5 Å². The fourth-order valence-electron chi connectivity index (χ4n) is 2.50. The molecule has 0 aliphatic rings. The zero-order chi connectivity index (χ0) is 19.7. The second-order valence-corrected chi connectivity index (χ2v) is 7.27. The van der Waals surface area contributed by atoms with E-state index < -0.39 is 0 Å². The van der Waals surface area contributed by atoms with Crippen LogP contribution in [0.15, 0.2) is 42.7 Å². The Hall–Kier alpha value is -2.31. The van der Waals surface area contributed by atoms with Gasteiger partial charge in [0.05, 0.1) is 6.61 Å². The normalized spacial score (nSPS) is 10.7. The van der Waals surface area contributed by atoms with E-state index >= 15 is 0 Å². The van der Waals surface area contributed by atoms with E-state index in [1.165, 1.54) is 0 Å². The summed E-state index contributed by atoms with van der Waals surface area (Å²) in [5, 5.41) is 6.26. The first-order valence-corrected chi connectivity index (χ1v) is 9.16. The van der Waals surface area contributed by atoms with Crippen LogP contribution in [0, 0.1) is 0 Å². The lowest BCUT2D eigenvalue weighted by Gasteiger charge is -2.21. The Morgan fingerprint density at radius 1 is 1.07 bits per heavy atom. The molecular weight excluding hydrogens is 378 g/mol. The van der Waals surface area contributed by atoms with Crippen molar-refractivity contribution in [2.75, 3.05) is 13.2 Å². The van der Waals surface area contributed by atoms with E-state index in [1.807, 2.05) is 64.2 Å². The van der Waals surface area contributed by atoms with Gasteiger partial charge in [-0.25, -0.2) is 0 Å². The molecule has 0 aliphatic heterocycles. The number of rotatable bonds is 9. The highest BCUT2D eigenvalue weighted by Gasteiger charge is 2.15. The van der Waals surface area contributed by atoms with Gasteiger partial charge in [0.25, 0.3) is 5.91 Å². The summed E-state index contributed by atoms with van der Waals surface area (Å²) in [6.45, 7) is 9.64. The van der Waals surface area contributed by atoms with Crippen molar-refractivity contribution in [3.05, 3.63) is 53.9 Å². The summed E-state index contributed by atoms with van der Waals surface area (Å²) in [5.74, 6) is 1.05. The van der Waals surface area contributed by atoms with Crippen LogP contribution in [0.3, 0.4) is 0 Å². The SMILES string of the molecule is CCOc1cc(CNCc2cccnc2)ccc1OCC(=O)NC(C)(C)C.Cl. The van der Waals surface area contributed by atoms with Crippen LogP contribution in [0.1, 0.15) is 38.8 Å². The average Bonchev–Trinajstić information content (AvgIpc) is 2.61. The number of nitrogens with one attached hydrogen (secondary N) is 2. The average molecular weight is 408 g/mol. The van der Waals surface area contributed by atoms with Gasteiger partial charge in [0.15, 0.2) is 18.1 Å². The summed E-state index contributed by atoms with van der Waals surface area (Å²) in [6, 6.07) is 9.71. The van der Waals surface area contributed by atoms with E-state index in [0.717, 1.165) is 17.7 Å². The maximum Gasteiger partial charge on any atom is 0.258 e. The maximum absolute atomic E-state index is 12.0. The van der Waals surface area contributed by atoms with Gasteiger partial charge in [0.2, 0.25) is 0 Å². The molecule has 2 aromatic rings. The Bertz CT molecular complexity index is 733. The van der Waals surface area contributed by atoms with Crippen LogP contribution in [-0.4, -0.2) is 29.6 Å². The first-order chi connectivity index (χ1) is 12.9. The molecule has 28 heavy (non-hydrogen) atoms. The van der Waals surface area contributed by atoms with Gasteiger partial charge in [0.1, 0.15) is 0 Å². The third-order valence-electron chi connectivity index (χ3n) is 3.56. The predicted octanol–water partition coefficient (Wildman–Crippen LogP) is 3.49. The summed E-state index contributed by atoms with van der Waals surface area (Å²) < 4.78 is 11.3. The third-order valence-corrected chi connectivity index (χ3v) is 3.56. The lowest BCUT2D eigenvalue weighted by molar-refractivity contribution is -0.124. The number of halogens is 1. The molecule has 0 atom stereocenters. The number of ether oxygens (including phenoxy) is 2. The lowest BCUT2D eigenvalue weighted by Crippen LogP contribution is -2.43. The maximum atomic E-state index is 12.0. The van der Waals surface area contributed by atoms with Crippen molar-refractivity contribution in [2.45, 2.75) is 46.3 Å². The number of nitrogens with zero attached hydrogens (tertiary/aromatic N) is 1. The minimum Gasteiger partial charge on any atom is -0.490 e. The molecule has 0 fully saturated rings. The fraction of sp³-hybridized carbons (Fsp3) is 0.429. The van der Waals surface area contributed by atoms with Crippen LogP contribution >= 0.6 is 12.4 Å². The molecule has 0 aliphatic carbocycles. The van der Waals surface area contributed by atoms with Crippen molar-refractivity contribution in [3.8, 4) is 11.5 Å². The molecule has 2 N–H and O–H groups in total. The molecule has 0 bridgehead atoms. The third kappa shape index (κ3) is 8.59. The summed E-state index contributed by atoms with van der Waals surface area (Å²) in [7, 11) is 0. The van der Waals surface area contributed by atoms with Crippen LogP contribution in [0.2, 0.25) is 0 Å². The van der Waals surface area contributed by atoms with Crippen LogP contribution in [0.25, 0.3) is 0 Å². The van der Waals surface area contributed by atoms with Gasteiger partial charge in [-0.3, -0.25) is 9.78 Å². The van der Waals surface area contributed by atoms with Crippen LogP contribution in [0.4, 0.5) is 0 Å². The van der Waals surface area contributed by atoms with Crippen molar-refractivity contribution >= 4 is 18.3 Å². The van der Waals surface area contributed by atoms with Crippen molar-refractivity contribution in [1.82, 2.24) is 15.6 Å². The molecule has 0 spiro atoms. The molecular formula is C21H30ClN3O3. The molecule has 0 saturated carbocycles. The summed E-state index contributed by atoms with van der Waals surface area (Å²) in [5.41, 5.74) is 1.92. The van der Waals surface area contributed by atoms with E-state index in [-0.39, 0.29) is 30.5 Å². The standard InChI is InChI=1S/C21H29N3O3.ClH/c1-5-26-19-11-16(12-23-14-17-7-6-10-22-13-17)8-9-18(19)27-15-20(25)24-21(2,3)4;/h6-11,13,23H,5,12,14-15H2,1-4H3,(H,24,25);1H. The molecule has 7 heteroatoms. The number of carbonyl (C=O) groups excluding carboxylic acids is 1. The molecule has 6 nitrogen and oxygen atoms in total. The monoisotopic (exact) mass is 407 g/mol. The number of hydrogen-bond acceptors (Lipinski definition) is 5. The zero-order valence-electron chi connectivity index (χ0n) is 17.0. The Kier molecular flexibility index (Phi) is 9.76. The molecule has 0 unspecified atom stereocenters. The highest BCUT2D eigenvalue weighted by Crippen LogP contribution is 2.28. The molecule has 1 aromatic heterocycles. The van der Waals surface area contributed by atoms with E-state index in [9.17, 15) is 4.79 Å².